The molecule has 0 saturated carbocycles. The highest BCUT2D eigenvalue weighted by Gasteiger charge is 2.16. The van der Waals surface area contributed by atoms with Crippen LogP contribution in [0.5, 0.6) is 0 Å². The van der Waals surface area contributed by atoms with Crippen molar-refractivity contribution in [3.63, 3.8) is 0 Å². The number of hydrogen-bond acceptors (Lipinski definition) is 1. The van der Waals surface area contributed by atoms with E-state index >= 15 is 0 Å². The van der Waals surface area contributed by atoms with Crippen LogP contribution in [0.4, 0.5) is 0 Å². The maximum absolute atomic E-state index is 3.79. The first kappa shape index (κ1) is 15.6. The Morgan fingerprint density at radius 1 is 0.870 bits per heavy atom. The molecule has 23 heavy (non-hydrogen) atoms. The zero-order valence-electron chi connectivity index (χ0n) is 13.1. The standard InChI is InChI=1S/C16H14S.C6H6/c1-2-11-17-15-10-9-13-6-3-5-12-7-4-8-14(15)16(12)13;1-2-4-6-5-3-1/h2-10,15H,1,11H2;1-6H. The van der Waals surface area contributed by atoms with Crippen molar-refractivity contribution in [1.29, 1.82) is 0 Å². The van der Waals surface area contributed by atoms with Crippen LogP contribution < -0.4 is 0 Å². The second kappa shape index (κ2) is 7.85. The van der Waals surface area contributed by atoms with Gasteiger partial charge in [-0.3, -0.25) is 0 Å². The molecule has 3 aromatic rings. The van der Waals surface area contributed by atoms with Crippen molar-refractivity contribution in [2.75, 3.05) is 5.75 Å². The maximum atomic E-state index is 3.79. The van der Waals surface area contributed by atoms with Gasteiger partial charge in [0, 0.05) is 11.0 Å². The molecular formula is C22H20S. The fourth-order valence-electron chi connectivity index (χ4n) is 2.77. The van der Waals surface area contributed by atoms with Gasteiger partial charge in [0.15, 0.2) is 0 Å². The van der Waals surface area contributed by atoms with Crippen LogP contribution in [-0.2, 0) is 0 Å². The van der Waals surface area contributed by atoms with E-state index in [2.05, 4.69) is 55.1 Å². The van der Waals surface area contributed by atoms with Gasteiger partial charge in [0.2, 0.25) is 0 Å². The van der Waals surface area contributed by atoms with Gasteiger partial charge in [0.1, 0.15) is 0 Å². The fourth-order valence-corrected chi connectivity index (χ4v) is 3.68. The predicted molar refractivity (Wildman–Crippen MR) is 105 cm³/mol. The second-order valence-electron chi connectivity index (χ2n) is 5.35. The quantitative estimate of drug-likeness (QED) is 0.496. The molecule has 1 unspecified atom stereocenters. The molecule has 0 heterocycles. The number of rotatable bonds is 3. The Hall–Kier alpha value is -2.25. The third kappa shape index (κ3) is 3.75. The summed E-state index contributed by atoms with van der Waals surface area (Å²) < 4.78 is 0. The molecule has 1 aliphatic carbocycles. The molecule has 0 bridgehead atoms. The molecule has 0 fully saturated rings. The van der Waals surface area contributed by atoms with Gasteiger partial charge in [-0.2, -0.15) is 0 Å². The molecule has 0 amide bonds. The Morgan fingerprint density at radius 2 is 1.52 bits per heavy atom. The van der Waals surface area contributed by atoms with E-state index in [4.69, 9.17) is 0 Å². The Bertz CT molecular complexity index is 771. The van der Waals surface area contributed by atoms with Gasteiger partial charge in [-0.25, -0.2) is 0 Å². The van der Waals surface area contributed by atoms with Crippen molar-refractivity contribution in [2.45, 2.75) is 5.25 Å². The Labute approximate surface area is 142 Å². The highest BCUT2D eigenvalue weighted by Crippen LogP contribution is 2.40. The largest absolute Gasteiger partial charge is 0.145 e. The summed E-state index contributed by atoms with van der Waals surface area (Å²) in [6.07, 6.45) is 6.51. The van der Waals surface area contributed by atoms with Crippen molar-refractivity contribution in [3.8, 4) is 0 Å². The summed E-state index contributed by atoms with van der Waals surface area (Å²) >= 11 is 1.93. The Kier molecular flexibility index (Phi) is 5.33. The van der Waals surface area contributed by atoms with E-state index < -0.39 is 0 Å². The molecule has 1 aliphatic rings. The molecule has 0 saturated heterocycles. The Balaban J connectivity index is 0.000000220. The van der Waals surface area contributed by atoms with Gasteiger partial charge in [-0.05, 0) is 21.9 Å². The third-order valence-corrected chi connectivity index (χ3v) is 4.98. The molecule has 3 aromatic carbocycles. The first-order valence-electron chi connectivity index (χ1n) is 7.82. The van der Waals surface area contributed by atoms with Gasteiger partial charge < -0.3 is 0 Å². The van der Waals surface area contributed by atoms with E-state index in [0.717, 1.165) is 5.75 Å². The average molecular weight is 316 g/mol. The fraction of sp³-hybridized carbons (Fsp3) is 0.0909. The van der Waals surface area contributed by atoms with E-state index in [9.17, 15) is 0 Å². The van der Waals surface area contributed by atoms with Crippen molar-refractivity contribution < 1.29 is 0 Å². The van der Waals surface area contributed by atoms with Gasteiger partial charge in [0.05, 0.1) is 0 Å². The zero-order chi connectivity index (χ0) is 15.9. The SMILES string of the molecule is C=CCSC1C=Cc2cccc3cccc1c23.c1ccccc1. The number of hydrogen-bond donors (Lipinski definition) is 0. The smallest absolute Gasteiger partial charge is 0.0489 e. The first-order chi connectivity index (χ1) is 11.4. The van der Waals surface area contributed by atoms with Crippen LogP contribution in [0.3, 0.4) is 0 Å². The van der Waals surface area contributed by atoms with Gasteiger partial charge in [-0.15, -0.1) is 18.3 Å². The van der Waals surface area contributed by atoms with Gasteiger partial charge in [0.25, 0.3) is 0 Å². The summed E-state index contributed by atoms with van der Waals surface area (Å²) in [5, 5.41) is 3.22. The minimum Gasteiger partial charge on any atom is -0.145 e. The van der Waals surface area contributed by atoms with Crippen molar-refractivity contribution in [3.05, 3.63) is 103 Å². The summed E-state index contributed by atoms with van der Waals surface area (Å²) in [6.45, 7) is 3.79. The van der Waals surface area contributed by atoms with Crippen LogP contribution in [0.25, 0.3) is 16.8 Å². The zero-order valence-corrected chi connectivity index (χ0v) is 13.9. The number of benzene rings is 3. The summed E-state index contributed by atoms with van der Waals surface area (Å²) in [6, 6.07) is 25.1. The normalized spacial score (nSPS) is 14.9. The van der Waals surface area contributed by atoms with Crippen LogP contribution in [0.2, 0.25) is 0 Å². The maximum Gasteiger partial charge on any atom is 0.0489 e. The molecule has 1 atom stereocenters. The van der Waals surface area contributed by atoms with Gasteiger partial charge >= 0.3 is 0 Å². The van der Waals surface area contributed by atoms with Gasteiger partial charge in [-0.1, -0.05) is 91.0 Å². The molecule has 1 heteroatoms. The van der Waals surface area contributed by atoms with Crippen LogP contribution in [0.15, 0.2) is 91.5 Å². The molecule has 4 rings (SSSR count). The highest BCUT2D eigenvalue weighted by atomic mass is 32.2. The monoisotopic (exact) mass is 316 g/mol. The Morgan fingerprint density at radius 3 is 2.17 bits per heavy atom. The van der Waals surface area contributed by atoms with Crippen molar-refractivity contribution >= 4 is 28.6 Å². The molecule has 114 valence electrons. The van der Waals surface area contributed by atoms with Crippen molar-refractivity contribution in [2.24, 2.45) is 0 Å². The summed E-state index contributed by atoms with van der Waals surface area (Å²) in [7, 11) is 0. The van der Waals surface area contributed by atoms with E-state index in [1.54, 1.807) is 0 Å². The molecule has 0 N–H and O–H groups in total. The average Bonchev–Trinajstić information content (AvgIpc) is 2.64. The molecular weight excluding hydrogens is 296 g/mol. The van der Waals surface area contributed by atoms with Crippen LogP contribution >= 0.6 is 11.8 Å². The molecule has 0 aliphatic heterocycles. The van der Waals surface area contributed by atoms with Crippen molar-refractivity contribution in [1.82, 2.24) is 0 Å². The van der Waals surface area contributed by atoms with Crippen LogP contribution in [0, 0.1) is 0 Å². The molecule has 0 aromatic heterocycles. The van der Waals surface area contributed by atoms with E-state index in [1.807, 2.05) is 54.2 Å². The highest BCUT2D eigenvalue weighted by molar-refractivity contribution is 7.99. The van der Waals surface area contributed by atoms with E-state index in [0.29, 0.717) is 5.25 Å². The third-order valence-electron chi connectivity index (χ3n) is 3.79. The summed E-state index contributed by atoms with van der Waals surface area (Å²) in [4.78, 5) is 0. The lowest BCUT2D eigenvalue weighted by Gasteiger charge is -2.20. The minimum absolute atomic E-state index is 0.464. The van der Waals surface area contributed by atoms with E-state index in [1.165, 1.54) is 21.9 Å². The number of thioether (sulfide) groups is 1. The minimum atomic E-state index is 0.464. The predicted octanol–water partition coefficient (Wildman–Crippen LogP) is 6.51. The summed E-state index contributed by atoms with van der Waals surface area (Å²) in [5.74, 6) is 0.994. The second-order valence-corrected chi connectivity index (χ2v) is 6.52. The van der Waals surface area contributed by atoms with Crippen LogP contribution in [-0.4, -0.2) is 5.75 Å². The lowest BCUT2D eigenvalue weighted by Crippen LogP contribution is -1.98. The molecule has 0 spiro atoms. The first-order valence-corrected chi connectivity index (χ1v) is 8.87. The lowest BCUT2D eigenvalue weighted by atomic mass is 9.93. The van der Waals surface area contributed by atoms with Crippen LogP contribution in [0.1, 0.15) is 16.4 Å². The van der Waals surface area contributed by atoms with E-state index in [-0.39, 0.29) is 0 Å². The topological polar surface area (TPSA) is 0 Å². The molecule has 0 nitrogen and oxygen atoms in total. The summed E-state index contributed by atoms with van der Waals surface area (Å²) in [5.41, 5.74) is 2.78. The molecule has 0 radical (unpaired) electrons. The lowest BCUT2D eigenvalue weighted by molar-refractivity contribution is 1.25.